The van der Waals surface area contributed by atoms with Crippen molar-refractivity contribution in [3.05, 3.63) is 57.9 Å². The zero-order valence-electron chi connectivity index (χ0n) is 18.6. The van der Waals surface area contributed by atoms with Crippen LogP contribution in [0.25, 0.3) is 11.0 Å². The lowest BCUT2D eigenvalue weighted by atomic mass is 9.94. The summed E-state index contributed by atoms with van der Waals surface area (Å²) < 4.78 is 1.77. The van der Waals surface area contributed by atoms with Crippen LogP contribution in [0.3, 0.4) is 0 Å². The fraction of sp³-hybridized carbons (Fsp3) is 0.391. The number of anilines is 1. The van der Waals surface area contributed by atoms with Gasteiger partial charge in [0.2, 0.25) is 0 Å². The second-order valence-electron chi connectivity index (χ2n) is 8.25. The normalized spacial score (nSPS) is 15.4. The van der Waals surface area contributed by atoms with Gasteiger partial charge in [-0.2, -0.15) is 5.10 Å². The molecule has 1 aliphatic rings. The van der Waals surface area contributed by atoms with Crippen LogP contribution in [0.4, 0.5) is 11.4 Å². The van der Waals surface area contributed by atoms with Gasteiger partial charge in [0.15, 0.2) is 5.65 Å². The molecule has 1 aliphatic carbocycles. The van der Waals surface area contributed by atoms with Crippen LogP contribution in [0, 0.1) is 10.1 Å². The molecule has 1 saturated carbocycles. The summed E-state index contributed by atoms with van der Waals surface area (Å²) in [6.07, 6.45) is 5.73. The second kappa shape index (κ2) is 9.35. The third-order valence-corrected chi connectivity index (χ3v) is 6.05. The Labute approximate surface area is 190 Å². The summed E-state index contributed by atoms with van der Waals surface area (Å²) in [6, 6.07) is 5.82. The number of aromatic nitrogens is 3. The molecule has 1 fully saturated rings. The van der Waals surface area contributed by atoms with E-state index < -0.39 is 4.92 Å². The molecule has 3 aromatic rings. The van der Waals surface area contributed by atoms with Gasteiger partial charge < -0.3 is 10.6 Å². The number of benzene rings is 1. The van der Waals surface area contributed by atoms with Crippen LogP contribution in [-0.4, -0.2) is 37.4 Å². The molecule has 0 radical (unpaired) electrons. The van der Waals surface area contributed by atoms with Crippen molar-refractivity contribution in [2.75, 3.05) is 5.32 Å². The van der Waals surface area contributed by atoms with Crippen molar-refractivity contribution in [3.63, 3.8) is 0 Å². The first kappa shape index (κ1) is 22.4. The van der Waals surface area contributed by atoms with Gasteiger partial charge in [0.05, 0.1) is 33.8 Å². The predicted octanol–water partition coefficient (Wildman–Crippen LogP) is 3.77. The molecule has 1 atom stereocenters. The number of ketones is 1. The lowest BCUT2D eigenvalue weighted by Gasteiger charge is -2.25. The van der Waals surface area contributed by atoms with Gasteiger partial charge in [-0.3, -0.25) is 19.7 Å². The monoisotopic (exact) mass is 450 g/mol. The van der Waals surface area contributed by atoms with Gasteiger partial charge in [0.1, 0.15) is 5.78 Å². The first-order valence-electron chi connectivity index (χ1n) is 11.0. The van der Waals surface area contributed by atoms with E-state index in [1.165, 1.54) is 12.1 Å². The van der Waals surface area contributed by atoms with Gasteiger partial charge in [0.25, 0.3) is 11.6 Å². The van der Waals surface area contributed by atoms with Crippen LogP contribution in [0.1, 0.15) is 61.5 Å². The van der Waals surface area contributed by atoms with Crippen LogP contribution in [0.15, 0.2) is 36.7 Å². The highest BCUT2D eigenvalue weighted by molar-refractivity contribution is 6.06. The van der Waals surface area contributed by atoms with Crippen molar-refractivity contribution in [1.29, 1.82) is 0 Å². The summed E-state index contributed by atoms with van der Waals surface area (Å²) in [5.41, 5.74) is 2.49. The molecule has 0 aliphatic heterocycles. The summed E-state index contributed by atoms with van der Waals surface area (Å²) in [5, 5.41) is 22.5. The lowest BCUT2D eigenvalue weighted by molar-refractivity contribution is -0.384. The number of aryl methyl sites for hydroxylation is 1. The largest absolute Gasteiger partial charge is 0.381 e. The number of non-ortho nitro benzene ring substituents is 1. The first-order valence-corrected chi connectivity index (χ1v) is 11.0. The topological polar surface area (TPSA) is 132 Å². The summed E-state index contributed by atoms with van der Waals surface area (Å²) in [7, 11) is 0. The van der Waals surface area contributed by atoms with Gasteiger partial charge in [-0.15, -0.1) is 0 Å². The van der Waals surface area contributed by atoms with E-state index in [0.29, 0.717) is 49.1 Å². The van der Waals surface area contributed by atoms with Crippen molar-refractivity contribution in [3.8, 4) is 0 Å². The molecule has 4 rings (SSSR count). The molecule has 10 heteroatoms. The summed E-state index contributed by atoms with van der Waals surface area (Å²) in [4.78, 5) is 39.8. The quantitative estimate of drug-likeness (QED) is 0.413. The molecule has 2 heterocycles. The van der Waals surface area contributed by atoms with Crippen molar-refractivity contribution >= 4 is 34.1 Å². The van der Waals surface area contributed by atoms with Crippen molar-refractivity contribution in [1.82, 2.24) is 20.1 Å². The Morgan fingerprint density at radius 3 is 2.58 bits per heavy atom. The summed E-state index contributed by atoms with van der Waals surface area (Å²) >= 11 is 0. The van der Waals surface area contributed by atoms with Gasteiger partial charge in [-0.05, 0) is 32.3 Å². The number of nitrogens with one attached hydrogen (secondary N) is 2. The number of nitrogens with zero attached hydrogens (tertiary/aromatic N) is 4. The van der Waals surface area contributed by atoms with E-state index >= 15 is 0 Å². The zero-order valence-corrected chi connectivity index (χ0v) is 18.6. The molecule has 10 nitrogen and oxygen atoms in total. The number of carbonyl (C=O) groups excluding carboxylic acids is 2. The van der Waals surface area contributed by atoms with Crippen LogP contribution < -0.4 is 10.6 Å². The standard InChI is InChI=1S/C23H26N6O4/c1-3-28-22-19(13-25-28)21(27-16-6-10-18(30)11-7-16)20(12-24-22)23(31)26-14(2)15-4-8-17(9-5-15)29(32)33/h4-5,8-9,12-14,16H,3,6-7,10-11H2,1-2H3,(H,24,27)(H,26,31)/t14-/m1/s1. The second-order valence-corrected chi connectivity index (χ2v) is 8.25. The Kier molecular flexibility index (Phi) is 6.34. The fourth-order valence-electron chi connectivity index (χ4n) is 4.12. The molecular formula is C23H26N6O4. The van der Waals surface area contributed by atoms with Crippen LogP contribution in [-0.2, 0) is 11.3 Å². The third-order valence-electron chi connectivity index (χ3n) is 6.05. The molecular weight excluding hydrogens is 424 g/mol. The van der Waals surface area contributed by atoms with Gasteiger partial charge in [0, 0.05) is 43.8 Å². The highest BCUT2D eigenvalue weighted by Gasteiger charge is 2.24. The van der Waals surface area contributed by atoms with E-state index in [9.17, 15) is 19.7 Å². The van der Waals surface area contributed by atoms with Crippen molar-refractivity contribution < 1.29 is 14.5 Å². The number of carbonyl (C=O) groups is 2. The number of hydrogen-bond acceptors (Lipinski definition) is 7. The molecule has 2 N–H and O–H groups in total. The highest BCUT2D eigenvalue weighted by atomic mass is 16.6. The molecule has 172 valence electrons. The molecule has 33 heavy (non-hydrogen) atoms. The fourth-order valence-corrected chi connectivity index (χ4v) is 4.12. The Balaban J connectivity index is 1.61. The average molecular weight is 450 g/mol. The summed E-state index contributed by atoms with van der Waals surface area (Å²) in [6.45, 7) is 4.44. The van der Waals surface area contributed by atoms with Crippen molar-refractivity contribution in [2.24, 2.45) is 0 Å². The molecule has 1 amide bonds. The van der Waals surface area contributed by atoms with E-state index in [0.717, 1.165) is 10.9 Å². The van der Waals surface area contributed by atoms with Crippen LogP contribution in [0.2, 0.25) is 0 Å². The molecule has 0 spiro atoms. The van der Waals surface area contributed by atoms with E-state index in [1.807, 2.05) is 13.8 Å². The Hall–Kier alpha value is -3.82. The smallest absolute Gasteiger partial charge is 0.269 e. The van der Waals surface area contributed by atoms with Gasteiger partial charge in [-0.1, -0.05) is 12.1 Å². The van der Waals surface area contributed by atoms with Gasteiger partial charge in [-0.25, -0.2) is 9.67 Å². The van der Waals surface area contributed by atoms with Gasteiger partial charge >= 0.3 is 0 Å². The number of Topliss-reactive ketones (excluding diaryl/α,β-unsaturated/α-hetero) is 1. The number of rotatable bonds is 7. The number of amides is 1. The number of hydrogen-bond donors (Lipinski definition) is 2. The van der Waals surface area contributed by atoms with Crippen LogP contribution >= 0.6 is 0 Å². The molecule has 2 aromatic heterocycles. The first-order chi connectivity index (χ1) is 15.9. The Bertz CT molecular complexity index is 1190. The average Bonchev–Trinajstić information content (AvgIpc) is 3.24. The molecule has 1 aromatic carbocycles. The zero-order chi connectivity index (χ0) is 23.5. The predicted molar refractivity (Wildman–Crippen MR) is 123 cm³/mol. The van der Waals surface area contributed by atoms with Crippen molar-refractivity contribution in [2.45, 2.75) is 58.2 Å². The third kappa shape index (κ3) is 4.69. The Morgan fingerprint density at radius 2 is 1.94 bits per heavy atom. The lowest BCUT2D eigenvalue weighted by Crippen LogP contribution is -2.30. The van der Waals surface area contributed by atoms with Crippen LogP contribution in [0.5, 0.6) is 0 Å². The SMILES string of the molecule is CCn1ncc2c(NC3CCC(=O)CC3)c(C(=O)N[C@H](C)c3ccc([N+](=O)[O-])cc3)cnc21. The minimum atomic E-state index is -0.457. The number of pyridine rings is 1. The minimum absolute atomic E-state index is 0.00249. The van der Waals surface area contributed by atoms with E-state index in [-0.39, 0.29) is 29.5 Å². The maximum Gasteiger partial charge on any atom is 0.269 e. The van der Waals surface area contributed by atoms with E-state index in [2.05, 4.69) is 20.7 Å². The number of nitro benzene ring substituents is 1. The molecule has 0 unspecified atom stereocenters. The highest BCUT2D eigenvalue weighted by Crippen LogP contribution is 2.30. The maximum absolute atomic E-state index is 13.3. The maximum atomic E-state index is 13.3. The Morgan fingerprint density at radius 1 is 1.24 bits per heavy atom. The summed E-state index contributed by atoms with van der Waals surface area (Å²) in [5.74, 6) is -0.0458. The molecule has 0 bridgehead atoms. The number of fused-ring (bicyclic) bond motifs is 1. The van der Waals surface area contributed by atoms with E-state index in [1.54, 1.807) is 29.2 Å². The van der Waals surface area contributed by atoms with E-state index in [4.69, 9.17) is 0 Å². The number of nitro groups is 1. The molecule has 0 saturated heterocycles. The minimum Gasteiger partial charge on any atom is -0.381 e.